The Kier molecular flexibility index (Phi) is 5.04. The number of thiophene rings is 1. The Balaban J connectivity index is 1.46. The van der Waals surface area contributed by atoms with Gasteiger partial charge in [0.1, 0.15) is 0 Å². The van der Waals surface area contributed by atoms with Gasteiger partial charge in [0.2, 0.25) is 0 Å². The smallest absolute Gasteiger partial charge is 0.276 e. The molecule has 0 radical (unpaired) electrons. The van der Waals surface area contributed by atoms with Crippen LogP contribution in [-0.4, -0.2) is 64.4 Å². The number of nitrogens with zero attached hydrogens (tertiary/aromatic N) is 5. The number of rotatable bonds is 4. The summed E-state index contributed by atoms with van der Waals surface area (Å²) in [7, 11) is -1.95. The van der Waals surface area contributed by atoms with Crippen LogP contribution in [0.15, 0.2) is 45.7 Å². The second-order valence-electron chi connectivity index (χ2n) is 6.48. The van der Waals surface area contributed by atoms with E-state index in [9.17, 15) is 13.2 Å². The Morgan fingerprint density at radius 3 is 2.82 bits per heavy atom. The molecule has 0 spiro atoms. The van der Waals surface area contributed by atoms with Crippen LogP contribution in [0.3, 0.4) is 0 Å². The molecule has 9 nitrogen and oxygen atoms in total. The number of aromatic nitrogens is 3. The van der Waals surface area contributed by atoms with Crippen molar-refractivity contribution in [2.75, 3.05) is 26.2 Å². The van der Waals surface area contributed by atoms with Gasteiger partial charge in [-0.3, -0.25) is 4.79 Å². The fourth-order valence-electron chi connectivity index (χ4n) is 3.06. The number of hydrogen-bond donors (Lipinski definition) is 0. The van der Waals surface area contributed by atoms with E-state index in [1.807, 2.05) is 17.5 Å². The molecule has 0 unspecified atom stereocenters. The molecule has 0 bridgehead atoms. The van der Waals surface area contributed by atoms with Crippen LogP contribution in [0.1, 0.15) is 16.9 Å². The quantitative estimate of drug-likeness (QED) is 0.635. The Bertz CT molecular complexity index is 1070. The van der Waals surface area contributed by atoms with E-state index in [1.54, 1.807) is 22.6 Å². The Morgan fingerprint density at radius 1 is 1.25 bits per heavy atom. The highest BCUT2D eigenvalue weighted by molar-refractivity contribution is 7.89. The highest BCUT2D eigenvalue weighted by Gasteiger charge is 2.30. The molecule has 28 heavy (non-hydrogen) atoms. The summed E-state index contributed by atoms with van der Waals surface area (Å²) in [5.41, 5.74) is 0.226. The lowest BCUT2D eigenvalue weighted by molar-refractivity contribution is 0.0754. The average Bonchev–Trinajstić information content (AvgIpc) is 3.40. The van der Waals surface area contributed by atoms with Crippen molar-refractivity contribution >= 4 is 27.3 Å². The Hall–Kier alpha value is -2.50. The van der Waals surface area contributed by atoms with Crippen molar-refractivity contribution in [1.82, 2.24) is 23.9 Å². The van der Waals surface area contributed by atoms with Crippen molar-refractivity contribution in [2.45, 2.75) is 11.4 Å². The van der Waals surface area contributed by atoms with Gasteiger partial charge in [0.05, 0.1) is 11.2 Å². The van der Waals surface area contributed by atoms with Gasteiger partial charge >= 0.3 is 0 Å². The zero-order valence-electron chi connectivity index (χ0n) is 15.2. The first-order valence-corrected chi connectivity index (χ1v) is 11.0. The predicted octanol–water partition coefficient (Wildman–Crippen LogP) is 1.67. The first kappa shape index (κ1) is 18.8. The summed E-state index contributed by atoms with van der Waals surface area (Å²) in [5.74, 6) is 0.288. The molecular formula is C17H19N5O4S2. The van der Waals surface area contributed by atoms with Gasteiger partial charge in [-0.05, 0) is 17.9 Å². The zero-order chi connectivity index (χ0) is 19.7. The van der Waals surface area contributed by atoms with Crippen LogP contribution in [0.2, 0.25) is 0 Å². The van der Waals surface area contributed by atoms with Crippen molar-refractivity contribution in [3.05, 3.63) is 41.8 Å². The summed E-state index contributed by atoms with van der Waals surface area (Å²) < 4.78 is 33.8. The predicted molar refractivity (Wildman–Crippen MR) is 102 cm³/mol. The minimum Gasteiger partial charge on any atom is -0.355 e. The Labute approximate surface area is 166 Å². The molecule has 4 rings (SSSR count). The number of amides is 1. The third-order valence-corrected chi connectivity index (χ3v) is 7.19. The molecule has 11 heteroatoms. The first-order valence-electron chi connectivity index (χ1n) is 8.73. The summed E-state index contributed by atoms with van der Waals surface area (Å²) in [6, 6.07) is 5.42. The number of aryl methyl sites for hydroxylation is 1. The molecular weight excluding hydrogens is 402 g/mol. The fourth-order valence-corrected chi connectivity index (χ4v) is 5.17. The van der Waals surface area contributed by atoms with Gasteiger partial charge in [-0.15, -0.1) is 11.3 Å². The molecule has 0 aromatic carbocycles. The van der Waals surface area contributed by atoms with E-state index in [2.05, 4.69) is 10.1 Å². The van der Waals surface area contributed by atoms with Crippen LogP contribution in [0, 0.1) is 0 Å². The number of carbonyl (C=O) groups is 1. The van der Waals surface area contributed by atoms with Crippen molar-refractivity contribution in [1.29, 1.82) is 0 Å². The van der Waals surface area contributed by atoms with E-state index in [0.717, 1.165) is 4.88 Å². The lowest BCUT2D eigenvalue weighted by Gasteiger charge is -2.20. The van der Waals surface area contributed by atoms with E-state index in [4.69, 9.17) is 4.52 Å². The fraction of sp³-hybridized carbons (Fsp3) is 0.353. The largest absolute Gasteiger partial charge is 0.355 e. The highest BCUT2D eigenvalue weighted by Crippen LogP contribution is 2.26. The minimum atomic E-state index is -3.67. The standard InChI is InChI=1S/C17H19N5O4S2/c1-20-11-16(18-12-20)28(24,25)22-6-3-5-21(7-8-22)17(23)13-10-14(26-19-13)15-4-2-9-27-15/h2,4,9-12H,3,5-8H2,1H3. The number of imidazole rings is 1. The normalized spacial score (nSPS) is 16.2. The maximum Gasteiger partial charge on any atom is 0.276 e. The van der Waals surface area contributed by atoms with Gasteiger partial charge in [-0.1, -0.05) is 11.2 Å². The highest BCUT2D eigenvalue weighted by atomic mass is 32.2. The van der Waals surface area contributed by atoms with Crippen molar-refractivity contribution in [2.24, 2.45) is 7.05 Å². The van der Waals surface area contributed by atoms with Crippen molar-refractivity contribution < 1.29 is 17.7 Å². The maximum absolute atomic E-state index is 12.8. The third kappa shape index (κ3) is 3.60. The SMILES string of the molecule is Cn1cnc(S(=O)(=O)N2CCCN(C(=O)c3cc(-c4cccs4)on3)CC2)c1. The second-order valence-corrected chi connectivity index (χ2v) is 9.31. The van der Waals surface area contributed by atoms with Crippen molar-refractivity contribution in [3.63, 3.8) is 0 Å². The molecule has 148 valence electrons. The van der Waals surface area contributed by atoms with Crippen LogP contribution < -0.4 is 0 Å². The number of sulfonamides is 1. The number of hydrogen-bond acceptors (Lipinski definition) is 7. The zero-order valence-corrected chi connectivity index (χ0v) is 16.8. The molecule has 3 aromatic heterocycles. The summed E-state index contributed by atoms with van der Waals surface area (Å²) in [5, 5.41) is 5.83. The van der Waals surface area contributed by atoms with Gasteiger partial charge in [0.15, 0.2) is 16.5 Å². The monoisotopic (exact) mass is 421 g/mol. The molecule has 1 saturated heterocycles. The molecule has 4 heterocycles. The van der Waals surface area contributed by atoms with Crippen LogP contribution >= 0.6 is 11.3 Å². The second kappa shape index (κ2) is 7.49. The van der Waals surface area contributed by atoms with E-state index in [0.29, 0.717) is 25.3 Å². The van der Waals surface area contributed by atoms with Gasteiger partial charge in [0, 0.05) is 45.5 Å². The molecule has 1 aliphatic rings. The molecule has 3 aromatic rings. The van der Waals surface area contributed by atoms with Crippen LogP contribution in [0.5, 0.6) is 0 Å². The summed E-state index contributed by atoms with van der Waals surface area (Å²) in [6.45, 7) is 1.28. The van der Waals surface area contributed by atoms with Crippen molar-refractivity contribution in [3.8, 4) is 10.6 Å². The van der Waals surface area contributed by atoms with E-state index >= 15 is 0 Å². The molecule has 1 amide bonds. The molecule has 0 saturated carbocycles. The van der Waals surface area contributed by atoms with Crippen LogP contribution in [0.4, 0.5) is 0 Å². The average molecular weight is 422 g/mol. The lowest BCUT2D eigenvalue weighted by atomic mass is 10.3. The first-order chi connectivity index (χ1) is 13.4. The minimum absolute atomic E-state index is 0.0202. The van der Waals surface area contributed by atoms with E-state index in [-0.39, 0.29) is 29.7 Å². The Morgan fingerprint density at radius 2 is 2.11 bits per heavy atom. The number of carbonyl (C=O) groups excluding carboxylic acids is 1. The molecule has 1 fully saturated rings. The van der Waals surface area contributed by atoms with Crippen LogP contribution in [-0.2, 0) is 17.1 Å². The van der Waals surface area contributed by atoms with E-state index in [1.165, 1.54) is 28.2 Å². The summed E-state index contributed by atoms with van der Waals surface area (Å²) in [6.07, 6.45) is 3.47. The van der Waals surface area contributed by atoms with Crippen LogP contribution in [0.25, 0.3) is 10.6 Å². The summed E-state index contributed by atoms with van der Waals surface area (Å²) in [4.78, 5) is 19.3. The lowest BCUT2D eigenvalue weighted by Crippen LogP contribution is -2.37. The summed E-state index contributed by atoms with van der Waals surface area (Å²) >= 11 is 1.50. The molecule has 1 aliphatic heterocycles. The molecule has 0 atom stereocenters. The van der Waals surface area contributed by atoms with Gasteiger partial charge in [0.25, 0.3) is 15.9 Å². The van der Waals surface area contributed by atoms with E-state index < -0.39 is 10.0 Å². The topological polar surface area (TPSA) is 102 Å². The third-order valence-electron chi connectivity index (χ3n) is 4.52. The molecule has 0 N–H and O–H groups in total. The maximum atomic E-state index is 12.8. The van der Waals surface area contributed by atoms with Gasteiger partial charge in [-0.2, -0.15) is 4.31 Å². The van der Waals surface area contributed by atoms with Gasteiger partial charge < -0.3 is 14.0 Å². The van der Waals surface area contributed by atoms with Gasteiger partial charge in [-0.25, -0.2) is 13.4 Å². The molecule has 0 aliphatic carbocycles.